The molecule has 1 heterocycles. The molecule has 0 spiro atoms. The lowest BCUT2D eigenvalue weighted by Gasteiger charge is -2.30. The topological polar surface area (TPSA) is 61.2 Å². The molecule has 1 fully saturated rings. The third kappa shape index (κ3) is 1.49. The van der Waals surface area contributed by atoms with Gasteiger partial charge in [0.25, 0.3) is 11.8 Å². The second kappa shape index (κ2) is 4.10. The quantitative estimate of drug-likeness (QED) is 0.740. The zero-order valence-corrected chi connectivity index (χ0v) is 10.4. The zero-order valence-electron chi connectivity index (χ0n) is 10.4. The molecule has 20 heavy (non-hydrogen) atoms. The number of carbonyl (C=O) groups excluding carboxylic acids is 2. The van der Waals surface area contributed by atoms with Crippen LogP contribution in [-0.2, 0) is 0 Å². The summed E-state index contributed by atoms with van der Waals surface area (Å²) in [5.74, 6) is -3.78. The van der Waals surface area contributed by atoms with Gasteiger partial charge < -0.3 is 0 Å². The van der Waals surface area contributed by atoms with Crippen molar-refractivity contribution in [1.82, 2.24) is 4.90 Å². The molecular weight excluding hydrogens is 266 g/mol. The number of amides is 2. The zero-order chi connectivity index (χ0) is 14.5. The summed E-state index contributed by atoms with van der Waals surface area (Å²) in [5.41, 5.74) is -1.52. The van der Waals surface area contributed by atoms with Crippen molar-refractivity contribution in [3.05, 3.63) is 34.9 Å². The first-order chi connectivity index (χ1) is 9.50. The Balaban J connectivity index is 2.13. The van der Waals surface area contributed by atoms with Gasteiger partial charge in [-0.15, -0.1) is 0 Å². The molecule has 0 unspecified atom stereocenters. The molecule has 1 aromatic carbocycles. The van der Waals surface area contributed by atoms with E-state index < -0.39 is 29.0 Å². The standard InChI is InChI=1S/C14H10F2N2O2/c15-10-5-8-9(6-11(10)16)13(20)18(12(8)19)14(7-17)3-1-2-4-14/h5-6H,1-4H2. The van der Waals surface area contributed by atoms with E-state index in [0.29, 0.717) is 12.8 Å². The third-order valence-electron chi connectivity index (χ3n) is 3.99. The van der Waals surface area contributed by atoms with Crippen LogP contribution in [0.4, 0.5) is 8.78 Å². The maximum atomic E-state index is 13.2. The molecule has 0 aromatic heterocycles. The molecule has 102 valence electrons. The van der Waals surface area contributed by atoms with Gasteiger partial charge in [-0.3, -0.25) is 14.5 Å². The first-order valence-corrected chi connectivity index (χ1v) is 6.29. The number of hydrogen-bond acceptors (Lipinski definition) is 3. The van der Waals surface area contributed by atoms with Gasteiger partial charge in [-0.05, 0) is 37.8 Å². The van der Waals surface area contributed by atoms with E-state index in [1.807, 2.05) is 6.07 Å². The van der Waals surface area contributed by atoms with Gasteiger partial charge in [-0.1, -0.05) is 0 Å². The molecule has 1 aliphatic heterocycles. The first kappa shape index (κ1) is 12.7. The van der Waals surface area contributed by atoms with Gasteiger partial charge in [0.2, 0.25) is 0 Å². The van der Waals surface area contributed by atoms with Gasteiger partial charge in [0, 0.05) is 0 Å². The Kier molecular flexibility index (Phi) is 2.61. The molecule has 0 atom stereocenters. The number of imide groups is 1. The second-order valence-electron chi connectivity index (χ2n) is 5.11. The van der Waals surface area contributed by atoms with E-state index in [9.17, 15) is 23.6 Å². The summed E-state index contributed by atoms with van der Waals surface area (Å²) in [6.45, 7) is 0. The summed E-state index contributed by atoms with van der Waals surface area (Å²) in [7, 11) is 0. The van der Waals surface area contributed by atoms with Crippen molar-refractivity contribution in [3.63, 3.8) is 0 Å². The minimum absolute atomic E-state index is 0.171. The maximum absolute atomic E-state index is 13.2. The summed E-state index contributed by atoms with van der Waals surface area (Å²) in [6.07, 6.45) is 2.28. The predicted molar refractivity (Wildman–Crippen MR) is 63.7 cm³/mol. The predicted octanol–water partition coefficient (Wildman–Crippen LogP) is 2.40. The van der Waals surface area contributed by atoms with Crippen LogP contribution in [0.3, 0.4) is 0 Å². The minimum atomic E-state index is -1.18. The smallest absolute Gasteiger partial charge is 0.263 e. The van der Waals surface area contributed by atoms with Crippen LogP contribution in [-0.4, -0.2) is 22.3 Å². The van der Waals surface area contributed by atoms with Crippen LogP contribution in [0, 0.1) is 23.0 Å². The molecule has 6 heteroatoms. The number of hydrogen-bond donors (Lipinski definition) is 0. The monoisotopic (exact) mass is 276 g/mol. The fourth-order valence-electron chi connectivity index (χ4n) is 2.97. The Morgan fingerprint density at radius 2 is 1.50 bits per heavy atom. The lowest BCUT2D eigenvalue weighted by atomic mass is 9.97. The number of nitriles is 1. The van der Waals surface area contributed by atoms with Crippen molar-refractivity contribution in [2.45, 2.75) is 31.2 Å². The van der Waals surface area contributed by atoms with Gasteiger partial charge in [-0.2, -0.15) is 5.26 Å². The van der Waals surface area contributed by atoms with Crippen molar-refractivity contribution < 1.29 is 18.4 Å². The van der Waals surface area contributed by atoms with Crippen molar-refractivity contribution in [1.29, 1.82) is 5.26 Å². The van der Waals surface area contributed by atoms with Crippen LogP contribution >= 0.6 is 0 Å². The number of rotatable bonds is 1. The molecule has 1 aromatic rings. The average Bonchev–Trinajstić information content (AvgIpc) is 2.98. The summed E-state index contributed by atoms with van der Waals surface area (Å²) in [6, 6.07) is 3.50. The summed E-state index contributed by atoms with van der Waals surface area (Å²) >= 11 is 0. The Labute approximate surface area is 113 Å². The van der Waals surface area contributed by atoms with E-state index in [-0.39, 0.29) is 11.1 Å². The van der Waals surface area contributed by atoms with E-state index in [4.69, 9.17) is 0 Å². The van der Waals surface area contributed by atoms with Gasteiger partial charge in [-0.25, -0.2) is 8.78 Å². The van der Waals surface area contributed by atoms with Crippen molar-refractivity contribution in [2.24, 2.45) is 0 Å². The van der Waals surface area contributed by atoms with Gasteiger partial charge in [0.05, 0.1) is 17.2 Å². The molecule has 0 radical (unpaired) electrons. The van der Waals surface area contributed by atoms with E-state index in [2.05, 4.69) is 0 Å². The molecule has 0 N–H and O–H groups in total. The van der Waals surface area contributed by atoms with Crippen LogP contribution in [0.15, 0.2) is 12.1 Å². The summed E-state index contributed by atoms with van der Waals surface area (Å²) < 4.78 is 26.5. The Bertz CT molecular complexity index is 631. The number of carbonyl (C=O) groups is 2. The second-order valence-corrected chi connectivity index (χ2v) is 5.11. The van der Waals surface area contributed by atoms with E-state index in [0.717, 1.165) is 29.9 Å². The fraction of sp³-hybridized carbons (Fsp3) is 0.357. The Hall–Kier alpha value is -2.29. The SMILES string of the molecule is N#CC1(N2C(=O)c3cc(F)c(F)cc3C2=O)CCCC1. The van der Waals surface area contributed by atoms with Crippen LogP contribution in [0.1, 0.15) is 46.4 Å². The first-order valence-electron chi connectivity index (χ1n) is 6.29. The molecule has 1 aliphatic carbocycles. The summed E-state index contributed by atoms with van der Waals surface area (Å²) in [5, 5.41) is 9.36. The Morgan fingerprint density at radius 1 is 1.05 bits per heavy atom. The van der Waals surface area contributed by atoms with Gasteiger partial charge in [0.15, 0.2) is 11.6 Å². The highest BCUT2D eigenvalue weighted by Crippen LogP contribution is 2.40. The van der Waals surface area contributed by atoms with E-state index >= 15 is 0 Å². The van der Waals surface area contributed by atoms with E-state index in [1.54, 1.807) is 0 Å². The molecule has 0 bridgehead atoms. The highest BCUT2D eigenvalue weighted by molar-refractivity contribution is 6.22. The molecule has 3 rings (SSSR count). The highest BCUT2D eigenvalue weighted by Gasteiger charge is 2.51. The van der Waals surface area contributed by atoms with Crippen LogP contribution < -0.4 is 0 Å². The molecule has 4 nitrogen and oxygen atoms in total. The molecule has 2 amide bonds. The van der Waals surface area contributed by atoms with Crippen molar-refractivity contribution in [2.75, 3.05) is 0 Å². The lowest BCUT2D eigenvalue weighted by molar-refractivity contribution is 0.0514. The average molecular weight is 276 g/mol. The van der Waals surface area contributed by atoms with Crippen LogP contribution in [0.5, 0.6) is 0 Å². The normalized spacial score (nSPS) is 20.1. The maximum Gasteiger partial charge on any atom is 0.263 e. The van der Waals surface area contributed by atoms with Gasteiger partial charge in [0.1, 0.15) is 5.54 Å². The van der Waals surface area contributed by atoms with Crippen molar-refractivity contribution in [3.8, 4) is 6.07 Å². The number of nitrogens with zero attached hydrogens (tertiary/aromatic N) is 2. The third-order valence-corrected chi connectivity index (χ3v) is 3.99. The number of halogens is 2. The lowest BCUT2D eigenvalue weighted by Crippen LogP contribution is -2.49. The molecular formula is C14H10F2N2O2. The number of fused-ring (bicyclic) bond motifs is 1. The minimum Gasteiger partial charge on any atom is -0.269 e. The summed E-state index contributed by atoms with van der Waals surface area (Å²) in [4.78, 5) is 25.5. The Morgan fingerprint density at radius 3 is 1.90 bits per heavy atom. The molecule has 1 saturated carbocycles. The largest absolute Gasteiger partial charge is 0.269 e. The van der Waals surface area contributed by atoms with Crippen LogP contribution in [0.25, 0.3) is 0 Å². The van der Waals surface area contributed by atoms with Gasteiger partial charge >= 0.3 is 0 Å². The molecule has 0 saturated heterocycles. The van der Waals surface area contributed by atoms with E-state index in [1.165, 1.54) is 0 Å². The van der Waals surface area contributed by atoms with Crippen LogP contribution in [0.2, 0.25) is 0 Å². The number of benzene rings is 1. The fourth-order valence-corrected chi connectivity index (χ4v) is 2.97. The molecule has 2 aliphatic rings. The highest BCUT2D eigenvalue weighted by atomic mass is 19.2. The van der Waals surface area contributed by atoms with Crippen molar-refractivity contribution >= 4 is 11.8 Å².